The van der Waals surface area contributed by atoms with E-state index in [1.807, 2.05) is 11.3 Å². The summed E-state index contributed by atoms with van der Waals surface area (Å²) in [5.41, 5.74) is 8.90. The lowest BCUT2D eigenvalue weighted by molar-refractivity contribution is 0.660. The molecule has 0 saturated heterocycles. The van der Waals surface area contributed by atoms with Crippen LogP contribution in [0.15, 0.2) is 152 Å². The van der Waals surface area contributed by atoms with E-state index in [9.17, 15) is 0 Å². The van der Waals surface area contributed by atoms with Crippen molar-refractivity contribution >= 4 is 80.9 Å². The summed E-state index contributed by atoms with van der Waals surface area (Å²) in [7, 11) is 0. The molecule has 1 aliphatic rings. The van der Waals surface area contributed by atoms with Crippen LogP contribution in [0.2, 0.25) is 0 Å². The average Bonchev–Trinajstić information content (AvgIpc) is 3.60. The Morgan fingerprint density at radius 1 is 0.447 bits per heavy atom. The van der Waals surface area contributed by atoms with E-state index in [0.29, 0.717) is 0 Å². The van der Waals surface area contributed by atoms with E-state index in [2.05, 4.69) is 170 Å². The second-order valence-corrected chi connectivity index (χ2v) is 14.4. The van der Waals surface area contributed by atoms with E-state index < -0.39 is 0 Å². The van der Waals surface area contributed by atoms with Crippen molar-refractivity contribution in [2.45, 2.75) is 19.3 Å². The maximum absolute atomic E-state index is 2.43. The molecular formula is C45H31NS. The van der Waals surface area contributed by atoms with Gasteiger partial charge < -0.3 is 4.90 Å². The van der Waals surface area contributed by atoms with Crippen LogP contribution in [0, 0.1) is 0 Å². The maximum atomic E-state index is 2.43. The summed E-state index contributed by atoms with van der Waals surface area (Å²) in [6.45, 7) is 4.69. The van der Waals surface area contributed by atoms with Gasteiger partial charge in [-0.1, -0.05) is 123 Å². The Balaban J connectivity index is 1.21. The molecule has 8 aromatic carbocycles. The zero-order chi connectivity index (χ0) is 31.3. The van der Waals surface area contributed by atoms with Gasteiger partial charge >= 0.3 is 0 Å². The molecule has 0 radical (unpaired) electrons. The van der Waals surface area contributed by atoms with Crippen molar-refractivity contribution in [3.05, 3.63) is 163 Å². The first kappa shape index (κ1) is 26.7. The Morgan fingerprint density at radius 2 is 1.06 bits per heavy atom. The smallest absolute Gasteiger partial charge is 0.0468 e. The summed E-state index contributed by atoms with van der Waals surface area (Å²) >= 11 is 1.91. The monoisotopic (exact) mass is 617 g/mol. The summed E-state index contributed by atoms with van der Waals surface area (Å²) in [5.74, 6) is 0. The second kappa shape index (κ2) is 9.78. The van der Waals surface area contributed by atoms with Crippen molar-refractivity contribution in [1.29, 1.82) is 0 Å². The minimum absolute atomic E-state index is 0.0276. The molecule has 2 heteroatoms. The van der Waals surface area contributed by atoms with Gasteiger partial charge in [0.1, 0.15) is 0 Å². The standard InChI is InChI=1S/C45H31NS/c1-45(2)40-13-7-5-11-36(40)39-27-34(21-24-41(39)45)46(32-19-17-28-9-3-4-10-30(28)25-32)33-20-23-35-31(26-33)16-15-29-18-22-38-37-12-6-8-14-42(37)47-44(38)43(29)35/h3-27H,1-2H3. The predicted molar refractivity (Wildman–Crippen MR) is 204 cm³/mol. The number of nitrogens with zero attached hydrogens (tertiary/aromatic N) is 1. The van der Waals surface area contributed by atoms with Crippen LogP contribution in [0.5, 0.6) is 0 Å². The number of fused-ring (bicyclic) bond motifs is 11. The van der Waals surface area contributed by atoms with E-state index in [0.717, 1.165) is 11.4 Å². The van der Waals surface area contributed by atoms with Gasteiger partial charge in [0.2, 0.25) is 0 Å². The van der Waals surface area contributed by atoms with Crippen LogP contribution in [-0.4, -0.2) is 0 Å². The zero-order valence-electron chi connectivity index (χ0n) is 26.3. The molecular weight excluding hydrogens is 587 g/mol. The molecule has 10 rings (SSSR count). The Bertz CT molecular complexity index is 2730. The molecule has 47 heavy (non-hydrogen) atoms. The lowest BCUT2D eigenvalue weighted by atomic mass is 9.82. The highest BCUT2D eigenvalue weighted by molar-refractivity contribution is 7.26. The van der Waals surface area contributed by atoms with Gasteiger partial charge in [-0.25, -0.2) is 0 Å². The number of hydrogen-bond donors (Lipinski definition) is 0. The van der Waals surface area contributed by atoms with Crippen LogP contribution in [0.1, 0.15) is 25.0 Å². The Hall–Kier alpha value is -5.44. The topological polar surface area (TPSA) is 3.24 Å². The molecule has 1 heterocycles. The van der Waals surface area contributed by atoms with Crippen LogP contribution in [-0.2, 0) is 5.41 Å². The molecule has 0 spiro atoms. The van der Waals surface area contributed by atoms with Crippen LogP contribution >= 0.6 is 11.3 Å². The van der Waals surface area contributed by atoms with Crippen molar-refractivity contribution in [2.75, 3.05) is 4.90 Å². The molecule has 0 unspecified atom stereocenters. The van der Waals surface area contributed by atoms with E-state index in [4.69, 9.17) is 0 Å². The highest BCUT2D eigenvalue weighted by atomic mass is 32.1. The van der Waals surface area contributed by atoms with Gasteiger partial charge in [-0.2, -0.15) is 0 Å². The molecule has 0 atom stereocenters. The first-order chi connectivity index (χ1) is 23.0. The van der Waals surface area contributed by atoms with Crippen LogP contribution in [0.3, 0.4) is 0 Å². The van der Waals surface area contributed by atoms with E-state index in [1.54, 1.807) is 0 Å². The highest BCUT2D eigenvalue weighted by Crippen LogP contribution is 2.51. The van der Waals surface area contributed by atoms with Crippen LogP contribution < -0.4 is 4.90 Å². The minimum Gasteiger partial charge on any atom is -0.310 e. The van der Waals surface area contributed by atoms with Gasteiger partial charge in [-0.05, 0) is 91.6 Å². The van der Waals surface area contributed by atoms with Crippen LogP contribution in [0.25, 0.3) is 63.6 Å². The molecule has 0 saturated carbocycles. The predicted octanol–water partition coefficient (Wildman–Crippen LogP) is 13.3. The molecule has 1 aromatic heterocycles. The Labute approximate surface area is 278 Å². The van der Waals surface area contributed by atoms with Gasteiger partial charge in [0.25, 0.3) is 0 Å². The molecule has 1 nitrogen and oxygen atoms in total. The third-order valence-corrected chi connectivity index (χ3v) is 11.6. The number of thiophene rings is 1. The largest absolute Gasteiger partial charge is 0.310 e. The second-order valence-electron chi connectivity index (χ2n) is 13.4. The molecule has 0 fully saturated rings. The summed E-state index contributed by atoms with van der Waals surface area (Å²) in [5, 5.41) is 10.3. The normalized spacial score (nSPS) is 13.5. The average molecular weight is 618 g/mol. The van der Waals surface area contributed by atoms with Gasteiger partial charge in [0, 0.05) is 48.0 Å². The SMILES string of the molecule is CC1(C)c2ccccc2-c2cc(N(c3ccc4ccccc4c3)c3ccc4c(ccc5ccc6c7ccccc7sc6c54)c3)ccc21. The number of anilines is 3. The fourth-order valence-electron chi connectivity index (χ4n) is 8.07. The van der Waals surface area contributed by atoms with E-state index >= 15 is 0 Å². The lowest BCUT2D eigenvalue weighted by Gasteiger charge is -2.28. The van der Waals surface area contributed by atoms with Gasteiger partial charge in [0.05, 0.1) is 0 Å². The first-order valence-electron chi connectivity index (χ1n) is 16.3. The lowest BCUT2D eigenvalue weighted by Crippen LogP contribution is -2.15. The number of hydrogen-bond acceptors (Lipinski definition) is 2. The molecule has 0 aliphatic heterocycles. The fraction of sp³-hybridized carbons (Fsp3) is 0.0667. The number of benzene rings is 8. The molecule has 0 amide bonds. The quantitative estimate of drug-likeness (QED) is 0.178. The van der Waals surface area contributed by atoms with Gasteiger partial charge in [-0.15, -0.1) is 11.3 Å². The highest BCUT2D eigenvalue weighted by Gasteiger charge is 2.35. The summed E-state index contributed by atoms with van der Waals surface area (Å²) in [6.07, 6.45) is 0. The van der Waals surface area contributed by atoms with Gasteiger partial charge in [0.15, 0.2) is 0 Å². The maximum Gasteiger partial charge on any atom is 0.0468 e. The Morgan fingerprint density at radius 3 is 1.98 bits per heavy atom. The fourth-order valence-corrected chi connectivity index (χ4v) is 9.34. The molecule has 0 N–H and O–H groups in total. The third-order valence-electron chi connectivity index (χ3n) is 10.4. The molecule has 9 aromatic rings. The van der Waals surface area contributed by atoms with Gasteiger partial charge in [-0.3, -0.25) is 0 Å². The van der Waals surface area contributed by atoms with Crippen molar-refractivity contribution in [3.8, 4) is 11.1 Å². The summed E-state index contributed by atoms with van der Waals surface area (Å²) in [4.78, 5) is 2.43. The summed E-state index contributed by atoms with van der Waals surface area (Å²) < 4.78 is 2.71. The molecule has 222 valence electrons. The first-order valence-corrected chi connectivity index (χ1v) is 17.2. The van der Waals surface area contributed by atoms with Crippen molar-refractivity contribution in [2.24, 2.45) is 0 Å². The minimum atomic E-state index is -0.0276. The molecule has 1 aliphatic carbocycles. The van der Waals surface area contributed by atoms with E-state index in [-0.39, 0.29) is 5.41 Å². The number of rotatable bonds is 3. The third kappa shape index (κ3) is 3.89. The zero-order valence-corrected chi connectivity index (χ0v) is 27.1. The summed E-state index contributed by atoms with van der Waals surface area (Å²) in [6, 6.07) is 56.4. The van der Waals surface area contributed by atoms with Crippen molar-refractivity contribution < 1.29 is 0 Å². The Kier molecular flexibility index (Phi) is 5.57. The van der Waals surface area contributed by atoms with Crippen molar-refractivity contribution in [1.82, 2.24) is 0 Å². The van der Waals surface area contributed by atoms with Crippen molar-refractivity contribution in [3.63, 3.8) is 0 Å². The molecule has 0 bridgehead atoms. The van der Waals surface area contributed by atoms with E-state index in [1.165, 1.54) is 80.4 Å². The van der Waals surface area contributed by atoms with Crippen LogP contribution in [0.4, 0.5) is 17.1 Å².